The van der Waals surface area contributed by atoms with E-state index in [1.165, 1.54) is 28.5 Å². The molecular weight excluding hydrogens is 402 g/mol. The monoisotopic (exact) mass is 437 g/mol. The Hall–Kier alpha value is -2.02. The van der Waals surface area contributed by atoms with Crippen LogP contribution in [0.5, 0.6) is 0 Å². The van der Waals surface area contributed by atoms with Gasteiger partial charge in [0.2, 0.25) is 5.91 Å². The number of rotatable bonds is 14. The number of aliphatic carboxylic acids is 2. The molecule has 0 spiro atoms. The number of hydrogen-bond donors (Lipinski definition) is 3. The molecule has 0 bridgehead atoms. The van der Waals surface area contributed by atoms with E-state index in [2.05, 4.69) is 51.2 Å². The summed E-state index contributed by atoms with van der Waals surface area (Å²) in [5.74, 6) is -2.17. The summed E-state index contributed by atoms with van der Waals surface area (Å²) in [6, 6.07) is -1.08. The van der Waals surface area contributed by atoms with Gasteiger partial charge in [-0.1, -0.05) is 34.9 Å². The van der Waals surface area contributed by atoms with Crippen LogP contribution in [0.1, 0.15) is 66.2 Å². The molecule has 1 aliphatic carbocycles. The number of hydrogen-bond acceptors (Lipinski definition) is 4. The van der Waals surface area contributed by atoms with Crippen molar-refractivity contribution in [3.8, 4) is 0 Å². The molecule has 0 aliphatic heterocycles. The second-order valence-electron chi connectivity index (χ2n) is 8.25. The van der Waals surface area contributed by atoms with Crippen LogP contribution in [0, 0.1) is 5.41 Å². The topological polar surface area (TPSA) is 104 Å². The maximum Gasteiger partial charge on any atom is 0.327 e. The van der Waals surface area contributed by atoms with Crippen LogP contribution in [0.2, 0.25) is 0 Å². The van der Waals surface area contributed by atoms with Crippen molar-refractivity contribution in [2.45, 2.75) is 72.3 Å². The van der Waals surface area contributed by atoms with Crippen LogP contribution in [0.25, 0.3) is 0 Å². The van der Waals surface area contributed by atoms with E-state index in [9.17, 15) is 19.5 Å². The second kappa shape index (κ2) is 12.6. The van der Waals surface area contributed by atoms with Crippen molar-refractivity contribution < 1.29 is 24.6 Å². The van der Waals surface area contributed by atoms with E-state index in [0.717, 1.165) is 25.7 Å². The standard InChI is InChI=1S/C23H35NO5S/c1-16(2)7-5-8-17(3)9-6-10-18(4)11-14-30-15-19(20(25)26)24-21(27)23(12-13-23)22(28)29/h7,9,11,19H,5-6,8,10,12-15H2,1-4H3,(H,24,27)(H,25,26)(H,28,29)/b17-9+,18-11+. The molecule has 1 amide bonds. The van der Waals surface area contributed by atoms with Gasteiger partial charge in [-0.15, -0.1) is 0 Å². The Labute approximate surface area is 183 Å². The van der Waals surface area contributed by atoms with Crippen LogP contribution in [-0.4, -0.2) is 45.6 Å². The number of carbonyl (C=O) groups is 3. The highest BCUT2D eigenvalue weighted by Crippen LogP contribution is 2.46. The van der Waals surface area contributed by atoms with Gasteiger partial charge in [0.25, 0.3) is 0 Å². The average molecular weight is 438 g/mol. The van der Waals surface area contributed by atoms with Crippen molar-refractivity contribution in [2.24, 2.45) is 5.41 Å². The van der Waals surface area contributed by atoms with Crippen molar-refractivity contribution in [1.82, 2.24) is 5.32 Å². The Morgan fingerprint density at radius 3 is 2.03 bits per heavy atom. The van der Waals surface area contributed by atoms with Gasteiger partial charge in [0.1, 0.15) is 11.5 Å². The van der Waals surface area contributed by atoms with Crippen molar-refractivity contribution in [2.75, 3.05) is 11.5 Å². The predicted molar refractivity (Wildman–Crippen MR) is 122 cm³/mol. The molecule has 1 rings (SSSR count). The minimum absolute atomic E-state index is 0.198. The Morgan fingerprint density at radius 1 is 0.967 bits per heavy atom. The Kier molecular flexibility index (Phi) is 10.9. The lowest BCUT2D eigenvalue weighted by atomic mass is 10.1. The first-order chi connectivity index (χ1) is 14.1. The minimum atomic E-state index is -1.42. The van der Waals surface area contributed by atoms with Crippen LogP contribution in [-0.2, 0) is 14.4 Å². The third kappa shape index (κ3) is 9.20. The van der Waals surface area contributed by atoms with Gasteiger partial charge >= 0.3 is 11.9 Å². The van der Waals surface area contributed by atoms with Crippen molar-refractivity contribution >= 4 is 29.6 Å². The molecule has 1 aliphatic rings. The third-order valence-corrected chi connectivity index (χ3v) is 6.13. The van der Waals surface area contributed by atoms with Crippen LogP contribution in [0.15, 0.2) is 34.9 Å². The molecule has 0 heterocycles. The lowest BCUT2D eigenvalue weighted by molar-refractivity contribution is -0.151. The van der Waals surface area contributed by atoms with Gasteiger partial charge in [0.05, 0.1) is 0 Å². The summed E-state index contributed by atoms with van der Waals surface area (Å²) in [5, 5.41) is 20.8. The summed E-state index contributed by atoms with van der Waals surface area (Å²) in [7, 11) is 0. The van der Waals surface area contributed by atoms with Gasteiger partial charge in [0, 0.05) is 11.5 Å². The zero-order valence-corrected chi connectivity index (χ0v) is 19.3. The summed E-state index contributed by atoms with van der Waals surface area (Å²) >= 11 is 1.41. The highest BCUT2D eigenvalue weighted by Gasteiger charge is 2.57. The number of nitrogens with one attached hydrogen (secondary N) is 1. The first kappa shape index (κ1) is 26.0. The molecular formula is C23H35NO5S. The van der Waals surface area contributed by atoms with Gasteiger partial charge < -0.3 is 15.5 Å². The molecule has 7 heteroatoms. The highest BCUT2D eigenvalue weighted by molar-refractivity contribution is 7.99. The van der Waals surface area contributed by atoms with E-state index in [1.807, 2.05) is 0 Å². The summed E-state index contributed by atoms with van der Waals surface area (Å²) in [6.45, 7) is 8.44. The molecule has 0 radical (unpaired) electrons. The van der Waals surface area contributed by atoms with Crippen molar-refractivity contribution in [1.29, 1.82) is 0 Å². The van der Waals surface area contributed by atoms with Crippen LogP contribution < -0.4 is 5.32 Å². The largest absolute Gasteiger partial charge is 0.480 e. The van der Waals surface area contributed by atoms with E-state index >= 15 is 0 Å². The summed E-state index contributed by atoms with van der Waals surface area (Å²) in [5.41, 5.74) is 2.56. The molecule has 168 valence electrons. The number of carboxylic acid groups (broad SMARTS) is 2. The van der Waals surface area contributed by atoms with Gasteiger partial charge in [-0.25, -0.2) is 4.79 Å². The van der Waals surface area contributed by atoms with Crippen LogP contribution in [0.3, 0.4) is 0 Å². The maximum absolute atomic E-state index is 12.1. The van der Waals surface area contributed by atoms with E-state index in [0.29, 0.717) is 5.75 Å². The highest BCUT2D eigenvalue weighted by atomic mass is 32.2. The van der Waals surface area contributed by atoms with Crippen molar-refractivity contribution in [3.63, 3.8) is 0 Å². The Balaban J connectivity index is 2.35. The molecule has 30 heavy (non-hydrogen) atoms. The zero-order valence-electron chi connectivity index (χ0n) is 18.5. The molecule has 1 unspecified atom stereocenters. The first-order valence-corrected chi connectivity index (χ1v) is 11.5. The molecule has 0 aromatic rings. The third-order valence-electron chi connectivity index (χ3n) is 5.15. The molecule has 0 aromatic heterocycles. The summed E-state index contributed by atoms with van der Waals surface area (Å²) < 4.78 is 0. The lowest BCUT2D eigenvalue weighted by Gasteiger charge is -2.17. The number of carboxylic acids is 2. The lowest BCUT2D eigenvalue weighted by Crippen LogP contribution is -2.47. The fraction of sp³-hybridized carbons (Fsp3) is 0.609. The smallest absolute Gasteiger partial charge is 0.327 e. The number of thioether (sulfide) groups is 1. The van der Waals surface area contributed by atoms with Crippen molar-refractivity contribution in [3.05, 3.63) is 34.9 Å². The van der Waals surface area contributed by atoms with Gasteiger partial charge in [-0.2, -0.15) is 11.8 Å². The molecule has 0 aromatic carbocycles. The number of amides is 1. The molecule has 0 saturated heterocycles. The van der Waals surface area contributed by atoms with Gasteiger partial charge in [-0.3, -0.25) is 9.59 Å². The minimum Gasteiger partial charge on any atom is -0.480 e. The average Bonchev–Trinajstić information content (AvgIpc) is 3.45. The normalized spacial score (nSPS) is 16.5. The molecule has 1 atom stereocenters. The first-order valence-electron chi connectivity index (χ1n) is 10.4. The van der Waals surface area contributed by atoms with Crippen LogP contribution >= 0.6 is 11.8 Å². The fourth-order valence-electron chi connectivity index (χ4n) is 2.86. The molecule has 1 saturated carbocycles. The zero-order chi connectivity index (χ0) is 22.7. The maximum atomic E-state index is 12.1. The van der Waals surface area contributed by atoms with Gasteiger partial charge in [-0.05, 0) is 66.2 Å². The predicted octanol–water partition coefficient (Wildman–Crippen LogP) is 4.57. The Morgan fingerprint density at radius 2 is 1.53 bits per heavy atom. The SMILES string of the molecule is CC(C)=CCC/C(C)=C/CC/C(C)=C/CSCC(NC(=O)C1(C(=O)O)CC1)C(=O)O. The molecule has 1 fully saturated rings. The fourth-order valence-corrected chi connectivity index (χ4v) is 3.86. The summed E-state index contributed by atoms with van der Waals surface area (Å²) in [6.07, 6.45) is 11.2. The quantitative estimate of drug-likeness (QED) is 0.209. The van der Waals surface area contributed by atoms with E-state index in [4.69, 9.17) is 5.11 Å². The second-order valence-corrected chi connectivity index (χ2v) is 9.32. The number of carbonyl (C=O) groups excluding carboxylic acids is 1. The molecule has 6 nitrogen and oxygen atoms in total. The van der Waals surface area contributed by atoms with Crippen LogP contribution in [0.4, 0.5) is 0 Å². The number of allylic oxidation sites excluding steroid dienone is 5. The Bertz CT molecular complexity index is 715. The van der Waals surface area contributed by atoms with E-state index in [-0.39, 0.29) is 18.6 Å². The van der Waals surface area contributed by atoms with E-state index < -0.39 is 29.3 Å². The van der Waals surface area contributed by atoms with E-state index in [1.54, 1.807) is 0 Å². The van der Waals surface area contributed by atoms with Gasteiger partial charge in [0.15, 0.2) is 0 Å². The summed E-state index contributed by atoms with van der Waals surface area (Å²) in [4.78, 5) is 34.7. The molecule has 3 N–H and O–H groups in total.